The Balaban J connectivity index is 0.00000128. The number of piperazine rings is 1. The van der Waals surface area contributed by atoms with Crippen molar-refractivity contribution in [3.8, 4) is 0 Å². The van der Waals surface area contributed by atoms with Gasteiger partial charge in [0, 0.05) is 45.1 Å². The standard InChI is InChI=1S/C11H18FN3.2ClH/c1-14-6-2-3-10(14)11(9-12)15-7-4-13-5-8-15;;/h2-3,6,11,13H,4-5,7-9H2,1H3;2*1H/t11-;;/m0../s1. The minimum atomic E-state index is -0.308. The molecule has 0 radical (unpaired) electrons. The highest BCUT2D eigenvalue weighted by Crippen LogP contribution is 2.21. The number of alkyl halides is 1. The highest BCUT2D eigenvalue weighted by molar-refractivity contribution is 5.85. The Kier molecular flexibility index (Phi) is 7.79. The van der Waals surface area contributed by atoms with Crippen molar-refractivity contribution >= 4 is 24.8 Å². The van der Waals surface area contributed by atoms with E-state index in [0.717, 1.165) is 31.9 Å². The molecule has 1 atom stereocenters. The van der Waals surface area contributed by atoms with E-state index < -0.39 is 0 Å². The van der Waals surface area contributed by atoms with Gasteiger partial charge in [-0.3, -0.25) is 4.90 Å². The van der Waals surface area contributed by atoms with E-state index in [1.165, 1.54) is 0 Å². The number of nitrogens with one attached hydrogen (secondary N) is 1. The second kappa shape index (κ2) is 7.93. The summed E-state index contributed by atoms with van der Waals surface area (Å²) in [7, 11) is 1.97. The summed E-state index contributed by atoms with van der Waals surface area (Å²) in [4.78, 5) is 2.21. The molecule has 0 bridgehead atoms. The predicted octanol–water partition coefficient (Wildman–Crippen LogP) is 1.78. The smallest absolute Gasteiger partial charge is 0.111 e. The Hall–Kier alpha value is -0.290. The molecule has 17 heavy (non-hydrogen) atoms. The number of hydrogen-bond donors (Lipinski definition) is 1. The second-order valence-electron chi connectivity index (χ2n) is 4.00. The molecular formula is C11H20Cl2FN3. The molecule has 1 aromatic heterocycles. The summed E-state index contributed by atoms with van der Waals surface area (Å²) in [5.74, 6) is 0. The highest BCUT2D eigenvalue weighted by Gasteiger charge is 2.23. The summed E-state index contributed by atoms with van der Waals surface area (Å²) in [6.07, 6.45) is 1.97. The maximum atomic E-state index is 13.1. The fraction of sp³-hybridized carbons (Fsp3) is 0.636. The first-order chi connectivity index (χ1) is 7.33. The summed E-state index contributed by atoms with van der Waals surface area (Å²) >= 11 is 0. The number of aromatic nitrogens is 1. The van der Waals surface area contributed by atoms with Crippen molar-refractivity contribution in [2.24, 2.45) is 7.05 Å². The SMILES string of the molecule is Cl.Cl.Cn1cccc1[C@H](CF)N1CCNCC1. The summed E-state index contributed by atoms with van der Waals surface area (Å²) in [5.41, 5.74) is 1.07. The first kappa shape index (κ1) is 16.7. The predicted molar refractivity (Wildman–Crippen MR) is 73.1 cm³/mol. The lowest BCUT2D eigenvalue weighted by Gasteiger charge is -2.33. The number of hydrogen-bond acceptors (Lipinski definition) is 2. The molecule has 2 rings (SSSR count). The van der Waals surface area contributed by atoms with E-state index in [4.69, 9.17) is 0 Å². The molecule has 3 nitrogen and oxygen atoms in total. The van der Waals surface area contributed by atoms with Gasteiger partial charge in [-0.2, -0.15) is 0 Å². The minimum Gasteiger partial charge on any atom is -0.353 e. The van der Waals surface area contributed by atoms with Crippen molar-refractivity contribution in [3.63, 3.8) is 0 Å². The first-order valence-corrected chi connectivity index (χ1v) is 5.45. The van der Waals surface area contributed by atoms with Gasteiger partial charge in [-0.1, -0.05) is 0 Å². The molecule has 100 valence electrons. The van der Waals surface area contributed by atoms with Crippen LogP contribution in [-0.4, -0.2) is 42.3 Å². The molecular weight excluding hydrogens is 264 g/mol. The number of nitrogens with zero attached hydrogens (tertiary/aromatic N) is 2. The summed E-state index contributed by atoms with van der Waals surface area (Å²) in [5, 5.41) is 3.28. The van der Waals surface area contributed by atoms with E-state index in [1.807, 2.05) is 29.9 Å². The summed E-state index contributed by atoms with van der Waals surface area (Å²) < 4.78 is 15.1. The van der Waals surface area contributed by atoms with Crippen molar-refractivity contribution in [2.45, 2.75) is 6.04 Å². The largest absolute Gasteiger partial charge is 0.353 e. The van der Waals surface area contributed by atoms with Crippen LogP contribution in [0, 0.1) is 0 Å². The third-order valence-corrected chi connectivity index (χ3v) is 3.06. The molecule has 1 aliphatic rings. The van der Waals surface area contributed by atoms with Gasteiger partial charge in [-0.15, -0.1) is 24.8 Å². The Labute approximate surface area is 114 Å². The number of aryl methyl sites for hydroxylation is 1. The molecule has 1 fully saturated rings. The summed E-state index contributed by atoms with van der Waals surface area (Å²) in [6.45, 7) is 3.47. The third kappa shape index (κ3) is 3.85. The van der Waals surface area contributed by atoms with Crippen molar-refractivity contribution in [2.75, 3.05) is 32.9 Å². The maximum absolute atomic E-state index is 13.1. The molecule has 0 aliphatic carbocycles. The molecule has 1 saturated heterocycles. The quantitative estimate of drug-likeness (QED) is 0.913. The maximum Gasteiger partial charge on any atom is 0.111 e. The van der Waals surface area contributed by atoms with Crippen molar-refractivity contribution in [1.82, 2.24) is 14.8 Å². The average molecular weight is 284 g/mol. The van der Waals surface area contributed by atoms with Crippen LogP contribution in [0.3, 0.4) is 0 Å². The van der Waals surface area contributed by atoms with Crippen LogP contribution in [0.25, 0.3) is 0 Å². The van der Waals surface area contributed by atoms with Crippen LogP contribution >= 0.6 is 24.8 Å². The molecule has 0 spiro atoms. The minimum absolute atomic E-state index is 0. The van der Waals surface area contributed by atoms with Gasteiger partial charge in [0.1, 0.15) is 6.67 Å². The van der Waals surface area contributed by atoms with Crippen molar-refractivity contribution in [3.05, 3.63) is 24.0 Å². The molecule has 1 N–H and O–H groups in total. The Morgan fingerprint density at radius 2 is 2.00 bits per heavy atom. The van der Waals surface area contributed by atoms with Crippen LogP contribution in [0.1, 0.15) is 11.7 Å². The molecule has 0 saturated carbocycles. The van der Waals surface area contributed by atoms with Gasteiger partial charge in [-0.05, 0) is 12.1 Å². The molecule has 0 unspecified atom stereocenters. The lowest BCUT2D eigenvalue weighted by Crippen LogP contribution is -2.46. The normalized spacial score (nSPS) is 18.0. The van der Waals surface area contributed by atoms with Gasteiger partial charge in [-0.25, -0.2) is 4.39 Å². The van der Waals surface area contributed by atoms with Gasteiger partial charge in [0.2, 0.25) is 0 Å². The number of halogens is 3. The molecule has 6 heteroatoms. The second-order valence-corrected chi connectivity index (χ2v) is 4.00. The van der Waals surface area contributed by atoms with E-state index in [0.29, 0.717) is 0 Å². The van der Waals surface area contributed by atoms with Crippen LogP contribution in [-0.2, 0) is 7.05 Å². The van der Waals surface area contributed by atoms with Gasteiger partial charge in [0.15, 0.2) is 0 Å². The Morgan fingerprint density at radius 1 is 1.35 bits per heavy atom. The van der Waals surface area contributed by atoms with Gasteiger partial charge < -0.3 is 9.88 Å². The summed E-state index contributed by atoms with van der Waals surface area (Å²) in [6, 6.07) is 3.90. The highest BCUT2D eigenvalue weighted by atomic mass is 35.5. The lowest BCUT2D eigenvalue weighted by molar-refractivity contribution is 0.142. The average Bonchev–Trinajstić information content (AvgIpc) is 2.68. The Bertz CT molecular complexity index is 313. The molecule has 0 aromatic carbocycles. The van der Waals surface area contributed by atoms with Crippen LogP contribution in [0.15, 0.2) is 18.3 Å². The van der Waals surface area contributed by atoms with E-state index >= 15 is 0 Å². The molecule has 0 amide bonds. The fourth-order valence-electron chi connectivity index (χ4n) is 2.18. The van der Waals surface area contributed by atoms with Crippen molar-refractivity contribution in [1.29, 1.82) is 0 Å². The van der Waals surface area contributed by atoms with Crippen LogP contribution < -0.4 is 5.32 Å². The van der Waals surface area contributed by atoms with E-state index in [2.05, 4.69) is 10.2 Å². The first-order valence-electron chi connectivity index (χ1n) is 5.45. The molecule has 1 aromatic rings. The zero-order chi connectivity index (χ0) is 10.7. The van der Waals surface area contributed by atoms with E-state index in [-0.39, 0.29) is 37.5 Å². The third-order valence-electron chi connectivity index (χ3n) is 3.06. The topological polar surface area (TPSA) is 20.2 Å². The van der Waals surface area contributed by atoms with Gasteiger partial charge in [0.05, 0.1) is 6.04 Å². The number of rotatable bonds is 3. The van der Waals surface area contributed by atoms with Crippen LogP contribution in [0.2, 0.25) is 0 Å². The van der Waals surface area contributed by atoms with Gasteiger partial charge in [0.25, 0.3) is 0 Å². The monoisotopic (exact) mass is 283 g/mol. The Morgan fingerprint density at radius 3 is 2.47 bits per heavy atom. The fourth-order valence-corrected chi connectivity index (χ4v) is 2.18. The van der Waals surface area contributed by atoms with E-state index in [9.17, 15) is 4.39 Å². The van der Waals surface area contributed by atoms with E-state index in [1.54, 1.807) is 0 Å². The zero-order valence-electron chi connectivity index (χ0n) is 9.93. The van der Waals surface area contributed by atoms with Crippen molar-refractivity contribution < 1.29 is 4.39 Å². The van der Waals surface area contributed by atoms with Gasteiger partial charge >= 0.3 is 0 Å². The van der Waals surface area contributed by atoms with Crippen LogP contribution in [0.5, 0.6) is 0 Å². The van der Waals surface area contributed by atoms with Crippen LogP contribution in [0.4, 0.5) is 4.39 Å². The molecule has 2 heterocycles. The lowest BCUT2D eigenvalue weighted by atomic mass is 10.1. The zero-order valence-corrected chi connectivity index (χ0v) is 11.6. The molecule has 1 aliphatic heterocycles.